The van der Waals surface area contributed by atoms with Crippen LogP contribution in [-0.4, -0.2) is 12.6 Å². The van der Waals surface area contributed by atoms with E-state index < -0.39 is 0 Å². The molecule has 4 rings (SSSR count). The summed E-state index contributed by atoms with van der Waals surface area (Å²) in [6, 6.07) is 0. The Balaban J connectivity index is 1.46. The van der Waals surface area contributed by atoms with Gasteiger partial charge in [0.1, 0.15) is 0 Å². The van der Waals surface area contributed by atoms with Gasteiger partial charge in [-0.2, -0.15) is 0 Å². The van der Waals surface area contributed by atoms with Crippen LogP contribution in [0.4, 0.5) is 0 Å². The Labute approximate surface area is 179 Å². The van der Waals surface area contributed by atoms with Crippen molar-refractivity contribution in [3.63, 3.8) is 0 Å². The average Bonchev–Trinajstić information content (AvgIpc) is 3.04. The van der Waals surface area contributed by atoms with Crippen molar-refractivity contribution in [2.24, 2.45) is 46.3 Å². The summed E-state index contributed by atoms with van der Waals surface area (Å²) in [7, 11) is 0. The molecule has 4 aliphatic rings. The highest BCUT2D eigenvalue weighted by molar-refractivity contribution is 5.69. The molecule has 29 heavy (non-hydrogen) atoms. The lowest BCUT2D eigenvalue weighted by Crippen LogP contribution is -2.55. The van der Waals surface area contributed by atoms with Gasteiger partial charge in [0, 0.05) is 6.42 Å². The minimum atomic E-state index is 0.00485. The predicted octanol–water partition coefficient (Wildman–Crippen LogP) is 7.40. The van der Waals surface area contributed by atoms with Gasteiger partial charge in [0.2, 0.25) is 0 Å². The van der Waals surface area contributed by atoms with E-state index in [1.54, 1.807) is 0 Å². The monoisotopic (exact) mass is 402 g/mol. The topological polar surface area (TPSA) is 26.3 Å². The minimum absolute atomic E-state index is 0.00485. The number of hydrogen-bond donors (Lipinski definition) is 0. The molecule has 0 spiro atoms. The van der Waals surface area contributed by atoms with E-state index in [0.29, 0.717) is 23.9 Å². The molecule has 0 N–H and O–H groups in total. The zero-order valence-corrected chi connectivity index (χ0v) is 19.7. The number of hydrogen-bond acceptors (Lipinski definition) is 2. The van der Waals surface area contributed by atoms with Crippen molar-refractivity contribution in [3.8, 4) is 0 Å². The predicted molar refractivity (Wildman–Crippen MR) is 119 cm³/mol. The first-order valence-corrected chi connectivity index (χ1v) is 13.1. The van der Waals surface area contributed by atoms with Crippen molar-refractivity contribution in [1.29, 1.82) is 0 Å². The zero-order chi connectivity index (χ0) is 20.6. The molecule has 2 heteroatoms. The van der Waals surface area contributed by atoms with Crippen molar-refractivity contribution in [2.75, 3.05) is 6.61 Å². The van der Waals surface area contributed by atoms with Gasteiger partial charge in [-0.15, -0.1) is 0 Å². The molecule has 0 aromatic carbocycles. The summed E-state index contributed by atoms with van der Waals surface area (Å²) < 4.78 is 5.16. The Morgan fingerprint density at radius 3 is 2.48 bits per heavy atom. The normalized spacial score (nSPS) is 46.5. The first-order chi connectivity index (χ1) is 13.9. The average molecular weight is 403 g/mol. The number of esters is 1. The smallest absolute Gasteiger partial charge is 0.305 e. The molecular weight excluding hydrogens is 356 g/mol. The van der Waals surface area contributed by atoms with E-state index in [9.17, 15) is 4.79 Å². The summed E-state index contributed by atoms with van der Waals surface area (Å²) in [6.45, 7) is 10.2. The largest absolute Gasteiger partial charge is 0.466 e. The second-order valence-electron chi connectivity index (χ2n) is 11.7. The van der Waals surface area contributed by atoms with Gasteiger partial charge in [-0.1, -0.05) is 40.0 Å². The Morgan fingerprint density at radius 2 is 1.72 bits per heavy atom. The van der Waals surface area contributed by atoms with Crippen molar-refractivity contribution in [3.05, 3.63) is 0 Å². The van der Waals surface area contributed by atoms with E-state index in [1.165, 1.54) is 70.6 Å². The van der Waals surface area contributed by atoms with Gasteiger partial charge in [0.05, 0.1) is 6.61 Å². The molecule has 0 aliphatic heterocycles. The van der Waals surface area contributed by atoms with Crippen LogP contribution in [0.2, 0.25) is 0 Å². The molecule has 0 aromatic heterocycles. The fourth-order valence-electron chi connectivity index (χ4n) is 9.33. The third-order valence-corrected chi connectivity index (χ3v) is 10.7. The van der Waals surface area contributed by atoms with Crippen LogP contribution >= 0.6 is 0 Å². The van der Waals surface area contributed by atoms with Crippen LogP contribution in [0.1, 0.15) is 111 Å². The number of rotatable bonds is 6. The molecule has 0 amide bonds. The van der Waals surface area contributed by atoms with Gasteiger partial charge in [0.25, 0.3) is 0 Å². The number of ether oxygens (including phenoxy) is 1. The molecule has 166 valence electrons. The van der Waals surface area contributed by atoms with Gasteiger partial charge in [-0.3, -0.25) is 4.79 Å². The van der Waals surface area contributed by atoms with Gasteiger partial charge >= 0.3 is 5.97 Å². The van der Waals surface area contributed by atoms with Crippen LogP contribution < -0.4 is 0 Å². The molecule has 4 aliphatic carbocycles. The molecule has 8 unspecified atom stereocenters. The fourth-order valence-corrected chi connectivity index (χ4v) is 9.33. The van der Waals surface area contributed by atoms with Crippen molar-refractivity contribution >= 4 is 5.97 Å². The van der Waals surface area contributed by atoms with Gasteiger partial charge in [-0.05, 0) is 111 Å². The van der Waals surface area contributed by atoms with Crippen LogP contribution in [0.3, 0.4) is 0 Å². The van der Waals surface area contributed by atoms with Crippen molar-refractivity contribution in [1.82, 2.24) is 0 Å². The molecule has 8 atom stereocenters. The molecule has 0 bridgehead atoms. The fraction of sp³-hybridized carbons (Fsp3) is 0.963. The second-order valence-corrected chi connectivity index (χ2v) is 11.7. The Morgan fingerprint density at radius 1 is 0.931 bits per heavy atom. The van der Waals surface area contributed by atoms with Crippen molar-refractivity contribution in [2.45, 2.75) is 111 Å². The number of fused-ring (bicyclic) bond motifs is 5. The highest BCUT2D eigenvalue weighted by atomic mass is 16.5. The maximum Gasteiger partial charge on any atom is 0.305 e. The van der Waals surface area contributed by atoms with Crippen LogP contribution in [0.15, 0.2) is 0 Å². The third-order valence-electron chi connectivity index (χ3n) is 10.7. The van der Waals surface area contributed by atoms with Gasteiger partial charge in [-0.25, -0.2) is 0 Å². The van der Waals surface area contributed by atoms with Gasteiger partial charge < -0.3 is 4.74 Å². The molecule has 0 radical (unpaired) electrons. The highest BCUT2D eigenvalue weighted by Crippen LogP contribution is 2.69. The summed E-state index contributed by atoms with van der Waals surface area (Å²) in [5.74, 6) is 5.74. The van der Waals surface area contributed by atoms with E-state index in [2.05, 4.69) is 20.8 Å². The lowest BCUT2D eigenvalue weighted by molar-refractivity contribution is -0.143. The molecular formula is C27H46O2. The highest BCUT2D eigenvalue weighted by Gasteiger charge is 2.60. The Bertz CT molecular complexity index is 585. The van der Waals surface area contributed by atoms with E-state index >= 15 is 0 Å². The van der Waals surface area contributed by atoms with E-state index in [4.69, 9.17) is 4.74 Å². The molecule has 0 aromatic rings. The summed E-state index contributed by atoms with van der Waals surface area (Å²) in [6.07, 6.45) is 17.6. The molecule has 4 fully saturated rings. The number of carbonyl (C=O) groups excluding carboxylic acids is 1. The Kier molecular flexibility index (Phi) is 6.39. The van der Waals surface area contributed by atoms with Crippen LogP contribution in [0.25, 0.3) is 0 Å². The minimum Gasteiger partial charge on any atom is -0.466 e. The van der Waals surface area contributed by atoms with E-state index in [0.717, 1.165) is 41.9 Å². The van der Waals surface area contributed by atoms with Crippen LogP contribution in [0.5, 0.6) is 0 Å². The molecule has 0 heterocycles. The van der Waals surface area contributed by atoms with Crippen LogP contribution in [0, 0.1) is 46.3 Å². The lowest BCUT2D eigenvalue weighted by Gasteiger charge is -2.62. The summed E-state index contributed by atoms with van der Waals surface area (Å²) in [4.78, 5) is 11.8. The van der Waals surface area contributed by atoms with E-state index in [1.807, 2.05) is 6.92 Å². The maximum absolute atomic E-state index is 11.8. The molecule has 0 saturated heterocycles. The number of carbonyl (C=O) groups is 1. The third kappa shape index (κ3) is 3.69. The van der Waals surface area contributed by atoms with Gasteiger partial charge in [0.15, 0.2) is 0 Å². The molecule has 2 nitrogen and oxygen atoms in total. The van der Waals surface area contributed by atoms with Crippen LogP contribution in [-0.2, 0) is 9.53 Å². The summed E-state index contributed by atoms with van der Waals surface area (Å²) >= 11 is 0. The molecule has 4 saturated carbocycles. The first kappa shape index (κ1) is 21.7. The second kappa shape index (κ2) is 8.54. The quantitative estimate of drug-likeness (QED) is 0.432. The lowest BCUT2D eigenvalue weighted by atomic mass is 9.42. The van der Waals surface area contributed by atoms with E-state index in [-0.39, 0.29) is 5.97 Å². The first-order valence-electron chi connectivity index (χ1n) is 13.1. The van der Waals surface area contributed by atoms with Crippen molar-refractivity contribution < 1.29 is 9.53 Å². The summed E-state index contributed by atoms with van der Waals surface area (Å²) in [5.41, 5.74) is 1.16. The standard InChI is InChI=1S/C27H46O2/c1-5-19-18-21-23-14-13-20(10-9-12-25(28)29-6-2)26(23,3)17-15-24(21)27(4)16-8-7-11-22(19)27/h19-24H,5-18H2,1-4H3. The summed E-state index contributed by atoms with van der Waals surface area (Å²) in [5, 5.41) is 0. The zero-order valence-electron chi connectivity index (χ0n) is 19.7. The Hall–Kier alpha value is -0.530. The maximum atomic E-state index is 11.8. The SMILES string of the molecule is CCOC(=O)CCCC1CCC2C3CC(CC)C4CCCCC4(C)C3CCC12C.